The van der Waals surface area contributed by atoms with Crippen LogP contribution in [0, 0.1) is 0 Å². The molecule has 3 rings (SSSR count). The molecule has 1 heterocycles. The monoisotopic (exact) mass is 408 g/mol. The highest BCUT2D eigenvalue weighted by Gasteiger charge is 2.25. The summed E-state index contributed by atoms with van der Waals surface area (Å²) >= 11 is 0. The molecule has 1 saturated carbocycles. The van der Waals surface area contributed by atoms with E-state index in [4.69, 9.17) is 4.74 Å². The van der Waals surface area contributed by atoms with Crippen LogP contribution < -0.4 is 10.1 Å². The quantitative estimate of drug-likeness (QED) is 0.782. The van der Waals surface area contributed by atoms with Crippen LogP contribution in [0.1, 0.15) is 64.7 Å². The average Bonchev–Trinajstić information content (AvgIpc) is 2.99. The van der Waals surface area contributed by atoms with Gasteiger partial charge >= 0.3 is 0 Å². The third-order valence-corrected chi connectivity index (χ3v) is 7.57. The van der Waals surface area contributed by atoms with Crippen molar-refractivity contribution in [1.82, 2.24) is 9.62 Å². The van der Waals surface area contributed by atoms with Crippen LogP contribution in [0.2, 0.25) is 0 Å². The summed E-state index contributed by atoms with van der Waals surface area (Å²) in [5.41, 5.74) is 0. The second-order valence-corrected chi connectivity index (χ2v) is 9.83. The van der Waals surface area contributed by atoms with Gasteiger partial charge in [-0.15, -0.1) is 0 Å². The molecule has 1 aliphatic heterocycles. The fourth-order valence-corrected chi connectivity index (χ4v) is 5.46. The summed E-state index contributed by atoms with van der Waals surface area (Å²) in [6.07, 6.45) is 8.99. The normalized spacial score (nSPS) is 20.9. The van der Waals surface area contributed by atoms with Crippen LogP contribution in [0.5, 0.6) is 5.75 Å². The summed E-state index contributed by atoms with van der Waals surface area (Å²) in [5.74, 6) is 0.384. The van der Waals surface area contributed by atoms with E-state index in [0.717, 1.165) is 51.4 Å². The van der Waals surface area contributed by atoms with Crippen molar-refractivity contribution in [1.29, 1.82) is 0 Å². The standard InChI is InChI=1S/C21H32N2O4S/c1-17(21(24)22-18-9-5-4-6-10-18)27-19-11-13-20(14-12-19)28(25,26)23-15-7-2-3-8-16-23/h11-14,17-18H,2-10,15-16H2,1H3,(H,22,24)/t17-/m1/s1. The molecule has 0 bridgehead atoms. The lowest BCUT2D eigenvalue weighted by molar-refractivity contribution is -0.128. The fraction of sp³-hybridized carbons (Fsp3) is 0.667. The number of rotatable bonds is 6. The summed E-state index contributed by atoms with van der Waals surface area (Å²) in [4.78, 5) is 12.6. The molecule has 156 valence electrons. The van der Waals surface area contributed by atoms with E-state index in [0.29, 0.717) is 18.8 Å². The summed E-state index contributed by atoms with van der Waals surface area (Å²) in [5, 5.41) is 3.06. The molecule has 0 radical (unpaired) electrons. The maximum atomic E-state index is 12.8. The van der Waals surface area contributed by atoms with Gasteiger partial charge in [-0.05, 0) is 56.9 Å². The van der Waals surface area contributed by atoms with Crippen molar-refractivity contribution in [3.05, 3.63) is 24.3 Å². The first-order valence-electron chi connectivity index (χ1n) is 10.5. The van der Waals surface area contributed by atoms with Gasteiger partial charge in [-0.25, -0.2) is 8.42 Å². The first kappa shape index (κ1) is 21.1. The molecule has 0 spiro atoms. The Kier molecular flexibility index (Phi) is 7.35. The number of hydrogen-bond donors (Lipinski definition) is 1. The Balaban J connectivity index is 1.58. The number of amides is 1. The molecule has 1 aromatic rings. The van der Waals surface area contributed by atoms with Crippen molar-refractivity contribution < 1.29 is 17.9 Å². The van der Waals surface area contributed by atoms with Crippen LogP contribution >= 0.6 is 0 Å². The van der Waals surface area contributed by atoms with Crippen LogP contribution in [0.4, 0.5) is 0 Å². The molecule has 6 nitrogen and oxygen atoms in total. The minimum atomic E-state index is -3.47. The predicted octanol–water partition coefficient (Wildman–Crippen LogP) is 3.47. The van der Waals surface area contributed by atoms with Crippen LogP contribution in [0.15, 0.2) is 29.2 Å². The molecule has 1 N–H and O–H groups in total. The molecule has 1 saturated heterocycles. The molecule has 1 amide bonds. The number of nitrogens with zero attached hydrogens (tertiary/aromatic N) is 1. The van der Waals surface area contributed by atoms with Crippen molar-refractivity contribution >= 4 is 15.9 Å². The van der Waals surface area contributed by atoms with E-state index >= 15 is 0 Å². The molecular weight excluding hydrogens is 376 g/mol. The number of nitrogens with one attached hydrogen (secondary N) is 1. The van der Waals surface area contributed by atoms with E-state index in [9.17, 15) is 13.2 Å². The zero-order chi connectivity index (χ0) is 20.0. The number of hydrogen-bond acceptors (Lipinski definition) is 4. The van der Waals surface area contributed by atoms with Gasteiger partial charge < -0.3 is 10.1 Å². The molecule has 2 fully saturated rings. The Morgan fingerprint density at radius 2 is 1.57 bits per heavy atom. The van der Waals surface area contributed by atoms with E-state index in [1.54, 1.807) is 35.5 Å². The molecule has 0 unspecified atom stereocenters. The lowest BCUT2D eigenvalue weighted by atomic mass is 9.95. The Hall–Kier alpha value is -1.60. The summed E-state index contributed by atoms with van der Waals surface area (Å²) in [6.45, 7) is 2.89. The largest absolute Gasteiger partial charge is 0.481 e. The highest BCUT2D eigenvalue weighted by atomic mass is 32.2. The SMILES string of the molecule is C[C@@H](Oc1ccc(S(=O)(=O)N2CCCCCC2)cc1)C(=O)NC1CCCCC1. The Morgan fingerprint density at radius 3 is 2.18 bits per heavy atom. The number of carbonyl (C=O) groups excluding carboxylic acids is 1. The summed E-state index contributed by atoms with van der Waals surface area (Å²) < 4.78 is 33.0. The Bertz CT molecular complexity index is 734. The third kappa shape index (κ3) is 5.47. The van der Waals surface area contributed by atoms with E-state index in [-0.39, 0.29) is 16.8 Å². The smallest absolute Gasteiger partial charge is 0.260 e. The molecule has 1 aliphatic carbocycles. The number of carbonyl (C=O) groups is 1. The van der Waals surface area contributed by atoms with E-state index in [1.807, 2.05) is 0 Å². The van der Waals surface area contributed by atoms with Crippen molar-refractivity contribution in [3.8, 4) is 5.75 Å². The summed E-state index contributed by atoms with van der Waals surface area (Å²) in [7, 11) is -3.47. The van der Waals surface area contributed by atoms with Crippen LogP contribution in [-0.2, 0) is 14.8 Å². The van der Waals surface area contributed by atoms with Crippen LogP contribution in [0.25, 0.3) is 0 Å². The molecular formula is C21H32N2O4S. The summed E-state index contributed by atoms with van der Waals surface area (Å²) in [6, 6.07) is 6.65. The lowest BCUT2D eigenvalue weighted by Crippen LogP contribution is -2.43. The van der Waals surface area contributed by atoms with Gasteiger partial charge in [0.15, 0.2) is 6.10 Å². The van der Waals surface area contributed by atoms with Gasteiger partial charge in [-0.1, -0.05) is 32.1 Å². The van der Waals surface area contributed by atoms with Crippen LogP contribution in [0.3, 0.4) is 0 Å². The number of sulfonamides is 1. The highest BCUT2D eigenvalue weighted by Crippen LogP contribution is 2.23. The second-order valence-electron chi connectivity index (χ2n) is 7.89. The molecule has 1 atom stereocenters. The van der Waals surface area contributed by atoms with Gasteiger partial charge in [0.25, 0.3) is 5.91 Å². The van der Waals surface area contributed by atoms with E-state index in [1.165, 1.54) is 6.42 Å². The van der Waals surface area contributed by atoms with Gasteiger partial charge in [-0.3, -0.25) is 4.79 Å². The number of ether oxygens (including phenoxy) is 1. The van der Waals surface area contributed by atoms with E-state index in [2.05, 4.69) is 5.32 Å². The first-order valence-corrected chi connectivity index (χ1v) is 12.0. The lowest BCUT2D eigenvalue weighted by Gasteiger charge is -2.24. The maximum absolute atomic E-state index is 12.8. The van der Waals surface area contributed by atoms with Gasteiger partial charge in [0.05, 0.1) is 4.90 Å². The Labute approximate surface area is 168 Å². The van der Waals surface area contributed by atoms with Gasteiger partial charge in [0.1, 0.15) is 5.75 Å². The van der Waals surface area contributed by atoms with Crippen molar-refractivity contribution in [2.45, 2.75) is 81.8 Å². The Morgan fingerprint density at radius 1 is 1.00 bits per heavy atom. The first-order chi connectivity index (χ1) is 13.5. The topological polar surface area (TPSA) is 75.7 Å². The second kappa shape index (κ2) is 9.74. The molecule has 0 aromatic heterocycles. The van der Waals surface area contributed by atoms with E-state index < -0.39 is 16.1 Å². The predicted molar refractivity (Wildman–Crippen MR) is 109 cm³/mol. The molecule has 28 heavy (non-hydrogen) atoms. The minimum absolute atomic E-state index is 0.117. The zero-order valence-corrected chi connectivity index (χ0v) is 17.5. The highest BCUT2D eigenvalue weighted by molar-refractivity contribution is 7.89. The van der Waals surface area contributed by atoms with Crippen LogP contribution in [-0.4, -0.2) is 43.9 Å². The van der Waals surface area contributed by atoms with Gasteiger partial charge in [-0.2, -0.15) is 4.31 Å². The van der Waals surface area contributed by atoms with Crippen molar-refractivity contribution in [2.24, 2.45) is 0 Å². The van der Waals surface area contributed by atoms with Gasteiger partial charge in [0, 0.05) is 19.1 Å². The molecule has 1 aromatic carbocycles. The minimum Gasteiger partial charge on any atom is -0.481 e. The van der Waals surface area contributed by atoms with Gasteiger partial charge in [0.2, 0.25) is 10.0 Å². The zero-order valence-electron chi connectivity index (χ0n) is 16.7. The fourth-order valence-electron chi connectivity index (χ4n) is 3.94. The third-order valence-electron chi connectivity index (χ3n) is 5.66. The average molecular weight is 409 g/mol. The maximum Gasteiger partial charge on any atom is 0.260 e. The molecule has 2 aliphatic rings. The molecule has 7 heteroatoms. The number of benzene rings is 1. The van der Waals surface area contributed by atoms with Crippen molar-refractivity contribution in [3.63, 3.8) is 0 Å². The van der Waals surface area contributed by atoms with Crippen molar-refractivity contribution in [2.75, 3.05) is 13.1 Å².